The molecule has 0 aliphatic rings. The van der Waals surface area contributed by atoms with E-state index in [0.717, 1.165) is 11.1 Å². The number of carbonyl (C=O) groups is 1. The van der Waals surface area contributed by atoms with E-state index < -0.39 is 0 Å². The zero-order valence-corrected chi connectivity index (χ0v) is 13.8. The quantitative estimate of drug-likeness (QED) is 0.545. The first kappa shape index (κ1) is 17.2. The van der Waals surface area contributed by atoms with Gasteiger partial charge in [-0.2, -0.15) is 5.10 Å². The lowest BCUT2D eigenvalue weighted by Crippen LogP contribution is -2.22. The summed E-state index contributed by atoms with van der Waals surface area (Å²) in [6.07, 6.45) is 7.02. The van der Waals surface area contributed by atoms with Crippen LogP contribution in [0, 0.1) is 0 Å². The second-order valence-corrected chi connectivity index (χ2v) is 5.49. The van der Waals surface area contributed by atoms with E-state index in [4.69, 9.17) is 9.90 Å². The van der Waals surface area contributed by atoms with Crippen molar-refractivity contribution in [3.63, 3.8) is 0 Å². The molecule has 0 amide bonds. The van der Waals surface area contributed by atoms with Crippen molar-refractivity contribution in [3.05, 3.63) is 82.8 Å². The number of benzene rings is 1. The Balaban J connectivity index is 0.000000613. The zero-order valence-electron chi connectivity index (χ0n) is 13.8. The summed E-state index contributed by atoms with van der Waals surface area (Å²) in [6.45, 7) is 0.911. The number of carboxylic acid groups (broad SMARTS) is 1. The van der Waals surface area contributed by atoms with Gasteiger partial charge in [0.25, 0.3) is 12.0 Å². The summed E-state index contributed by atoms with van der Waals surface area (Å²) in [7, 11) is 0. The summed E-state index contributed by atoms with van der Waals surface area (Å²) in [5.74, 6) is 0. The maximum absolute atomic E-state index is 12.5. The zero-order chi connectivity index (χ0) is 18.4. The number of aromatic amines is 1. The lowest BCUT2D eigenvalue weighted by Gasteiger charge is -2.11. The van der Waals surface area contributed by atoms with Crippen LogP contribution in [0.1, 0.15) is 11.1 Å². The van der Waals surface area contributed by atoms with E-state index in [2.05, 4.69) is 21.1 Å². The van der Waals surface area contributed by atoms with Crippen LogP contribution in [0.25, 0.3) is 11.0 Å². The average Bonchev–Trinajstić information content (AvgIpc) is 3.31. The maximum Gasteiger partial charge on any atom is 0.290 e. The van der Waals surface area contributed by atoms with E-state index in [1.807, 2.05) is 35.1 Å². The van der Waals surface area contributed by atoms with Gasteiger partial charge in [0.1, 0.15) is 5.52 Å². The lowest BCUT2D eigenvalue weighted by atomic mass is 10.1. The fourth-order valence-corrected chi connectivity index (χ4v) is 2.70. The van der Waals surface area contributed by atoms with E-state index in [1.165, 1.54) is 0 Å². The third kappa shape index (κ3) is 3.69. The van der Waals surface area contributed by atoms with Crippen LogP contribution in [0.4, 0.5) is 0 Å². The molecule has 4 rings (SSSR count). The van der Waals surface area contributed by atoms with Crippen LogP contribution in [0.3, 0.4) is 0 Å². The largest absolute Gasteiger partial charge is 0.483 e. The number of fused-ring (bicyclic) bond motifs is 1. The van der Waals surface area contributed by atoms with Crippen molar-refractivity contribution >= 4 is 17.5 Å². The highest BCUT2D eigenvalue weighted by atomic mass is 16.3. The van der Waals surface area contributed by atoms with E-state index in [1.54, 1.807) is 29.4 Å². The Hall–Kier alpha value is -3.68. The van der Waals surface area contributed by atoms with Gasteiger partial charge < -0.3 is 10.1 Å². The van der Waals surface area contributed by atoms with Crippen molar-refractivity contribution in [2.75, 3.05) is 0 Å². The van der Waals surface area contributed by atoms with Crippen molar-refractivity contribution in [1.29, 1.82) is 0 Å². The third-order valence-electron chi connectivity index (χ3n) is 3.89. The molecule has 0 bridgehead atoms. The molecule has 0 radical (unpaired) electrons. The summed E-state index contributed by atoms with van der Waals surface area (Å²) < 4.78 is 3.49. The van der Waals surface area contributed by atoms with Crippen LogP contribution >= 0.6 is 0 Å². The Bertz CT molecular complexity index is 1050. The van der Waals surface area contributed by atoms with Gasteiger partial charge in [-0.25, -0.2) is 4.98 Å². The molecule has 0 aliphatic heterocycles. The van der Waals surface area contributed by atoms with Crippen molar-refractivity contribution in [1.82, 2.24) is 24.3 Å². The molecule has 0 unspecified atom stereocenters. The van der Waals surface area contributed by atoms with E-state index in [0.29, 0.717) is 24.1 Å². The molecule has 1 aromatic carbocycles. The molecule has 3 aromatic heterocycles. The molecule has 4 aromatic rings. The van der Waals surface area contributed by atoms with Crippen LogP contribution in [0.15, 0.2) is 66.1 Å². The van der Waals surface area contributed by atoms with Gasteiger partial charge in [-0.3, -0.25) is 18.8 Å². The molecular formula is C18H17N5O3. The minimum absolute atomic E-state index is 0.0612. The molecule has 0 aliphatic carbocycles. The fourth-order valence-electron chi connectivity index (χ4n) is 2.70. The van der Waals surface area contributed by atoms with E-state index in [9.17, 15) is 4.79 Å². The minimum atomic E-state index is -0.250. The molecule has 0 spiro atoms. The molecule has 0 atom stereocenters. The molecule has 0 saturated carbocycles. The summed E-state index contributed by atoms with van der Waals surface area (Å²) in [5.41, 5.74) is 3.38. The highest BCUT2D eigenvalue weighted by Gasteiger charge is 2.08. The Morgan fingerprint density at radius 2 is 1.85 bits per heavy atom. The van der Waals surface area contributed by atoms with Gasteiger partial charge in [-0.1, -0.05) is 24.3 Å². The Labute approximate surface area is 148 Å². The molecule has 132 valence electrons. The number of hydrogen-bond donors (Lipinski definition) is 2. The fraction of sp³-hybridized carbons (Fsp3) is 0.111. The van der Waals surface area contributed by atoms with Crippen molar-refractivity contribution in [3.8, 4) is 0 Å². The van der Waals surface area contributed by atoms with Crippen molar-refractivity contribution < 1.29 is 9.90 Å². The van der Waals surface area contributed by atoms with E-state index in [-0.39, 0.29) is 12.0 Å². The summed E-state index contributed by atoms with van der Waals surface area (Å²) >= 11 is 0. The molecular weight excluding hydrogens is 334 g/mol. The smallest absolute Gasteiger partial charge is 0.290 e. The highest BCUT2D eigenvalue weighted by molar-refractivity contribution is 5.73. The molecule has 8 heteroatoms. The van der Waals surface area contributed by atoms with Gasteiger partial charge in [0, 0.05) is 18.6 Å². The normalized spacial score (nSPS) is 10.3. The Morgan fingerprint density at radius 3 is 2.54 bits per heavy atom. The minimum Gasteiger partial charge on any atom is -0.483 e. The Morgan fingerprint density at radius 1 is 1.12 bits per heavy atom. The van der Waals surface area contributed by atoms with Crippen LogP contribution in [0.2, 0.25) is 0 Å². The highest BCUT2D eigenvalue weighted by Crippen LogP contribution is 2.12. The van der Waals surface area contributed by atoms with Gasteiger partial charge in [-0.15, -0.1) is 0 Å². The maximum atomic E-state index is 12.5. The molecule has 2 N–H and O–H groups in total. The van der Waals surface area contributed by atoms with Gasteiger partial charge in [0.15, 0.2) is 0 Å². The van der Waals surface area contributed by atoms with Crippen LogP contribution in [0.5, 0.6) is 0 Å². The SMILES string of the molecule is O=CO.O=c1c2[nH]ccc2ncn1Cc1ccccc1Cn1cccn1. The lowest BCUT2D eigenvalue weighted by molar-refractivity contribution is -0.122. The number of H-pyrrole nitrogens is 1. The molecule has 0 fully saturated rings. The van der Waals surface area contributed by atoms with E-state index >= 15 is 0 Å². The standard InChI is InChI=1S/C17H15N5O.CH2O2/c23-17-16-15(6-8-18-16)19-12-21(17)10-13-4-1-2-5-14(13)11-22-9-3-7-20-22;2-1-3/h1-9,12,18H,10-11H2;1H,(H,2,3). The number of nitrogens with zero attached hydrogens (tertiary/aromatic N) is 4. The molecule has 8 nitrogen and oxygen atoms in total. The summed E-state index contributed by atoms with van der Waals surface area (Å²) in [5, 5.41) is 11.1. The first-order chi connectivity index (χ1) is 12.7. The predicted octanol–water partition coefficient (Wildman–Crippen LogP) is 1.72. The number of nitrogens with one attached hydrogen (secondary N) is 1. The number of aromatic nitrogens is 5. The average molecular weight is 351 g/mol. The second-order valence-electron chi connectivity index (χ2n) is 5.49. The van der Waals surface area contributed by atoms with Crippen molar-refractivity contribution in [2.24, 2.45) is 0 Å². The summed E-state index contributed by atoms with van der Waals surface area (Å²) in [4.78, 5) is 28.1. The first-order valence-electron chi connectivity index (χ1n) is 7.87. The summed E-state index contributed by atoms with van der Waals surface area (Å²) in [6, 6.07) is 11.8. The number of hydrogen-bond acceptors (Lipinski definition) is 4. The van der Waals surface area contributed by atoms with Crippen LogP contribution < -0.4 is 5.56 Å². The van der Waals surface area contributed by atoms with Crippen LogP contribution in [-0.4, -0.2) is 35.9 Å². The number of rotatable bonds is 4. The van der Waals surface area contributed by atoms with Gasteiger partial charge in [0.05, 0.1) is 24.9 Å². The topological polar surface area (TPSA) is 106 Å². The second kappa shape index (κ2) is 7.93. The van der Waals surface area contributed by atoms with Gasteiger partial charge in [-0.05, 0) is 23.3 Å². The molecule has 3 heterocycles. The van der Waals surface area contributed by atoms with Gasteiger partial charge >= 0.3 is 0 Å². The monoisotopic (exact) mass is 351 g/mol. The molecule has 26 heavy (non-hydrogen) atoms. The van der Waals surface area contributed by atoms with Crippen LogP contribution in [-0.2, 0) is 17.9 Å². The van der Waals surface area contributed by atoms with Gasteiger partial charge in [0.2, 0.25) is 0 Å². The Kier molecular flexibility index (Phi) is 5.23. The van der Waals surface area contributed by atoms with Crippen molar-refractivity contribution in [2.45, 2.75) is 13.1 Å². The predicted molar refractivity (Wildman–Crippen MR) is 95.9 cm³/mol. The molecule has 0 saturated heterocycles. The third-order valence-corrected chi connectivity index (χ3v) is 3.89. The first-order valence-corrected chi connectivity index (χ1v) is 7.87.